The number of halogens is 1. The molecule has 0 aliphatic carbocycles. The van der Waals surface area contributed by atoms with Gasteiger partial charge in [-0.25, -0.2) is 0 Å². The lowest BCUT2D eigenvalue weighted by Gasteiger charge is -2.21. The summed E-state index contributed by atoms with van der Waals surface area (Å²) in [7, 11) is 3.25. The van der Waals surface area contributed by atoms with E-state index in [-0.39, 0.29) is 6.04 Å². The van der Waals surface area contributed by atoms with E-state index < -0.39 is 0 Å². The van der Waals surface area contributed by atoms with Crippen LogP contribution in [0.25, 0.3) is 0 Å². The van der Waals surface area contributed by atoms with Crippen molar-refractivity contribution in [3.8, 4) is 11.5 Å². The van der Waals surface area contributed by atoms with E-state index in [1.54, 1.807) is 14.2 Å². The molecule has 6 heteroatoms. The second kappa shape index (κ2) is 8.76. The van der Waals surface area contributed by atoms with Gasteiger partial charge in [-0.05, 0) is 60.6 Å². The predicted octanol–water partition coefficient (Wildman–Crippen LogP) is 4.79. The van der Waals surface area contributed by atoms with Gasteiger partial charge in [0.2, 0.25) is 0 Å². The van der Waals surface area contributed by atoms with E-state index in [0.29, 0.717) is 21.6 Å². The summed E-state index contributed by atoms with van der Waals surface area (Å²) in [5.74, 6) is 1.41. The molecule has 0 saturated heterocycles. The molecule has 24 heavy (non-hydrogen) atoms. The lowest BCUT2D eigenvalue weighted by Crippen LogP contribution is -2.32. The smallest absolute Gasteiger partial charge is 0.171 e. The van der Waals surface area contributed by atoms with E-state index in [1.165, 1.54) is 0 Å². The number of hydrogen-bond acceptors (Lipinski definition) is 3. The van der Waals surface area contributed by atoms with Gasteiger partial charge in [0.05, 0.1) is 20.3 Å². The molecule has 0 bridgehead atoms. The van der Waals surface area contributed by atoms with Crippen molar-refractivity contribution >= 4 is 34.6 Å². The maximum absolute atomic E-state index is 5.89. The minimum absolute atomic E-state index is 0.0668. The third-order valence-electron chi connectivity index (χ3n) is 3.63. The van der Waals surface area contributed by atoms with Crippen LogP contribution in [0.3, 0.4) is 0 Å². The van der Waals surface area contributed by atoms with Gasteiger partial charge in [-0.3, -0.25) is 0 Å². The van der Waals surface area contributed by atoms with E-state index in [2.05, 4.69) is 17.6 Å². The van der Waals surface area contributed by atoms with Crippen LogP contribution in [0.15, 0.2) is 42.5 Å². The summed E-state index contributed by atoms with van der Waals surface area (Å²) >= 11 is 11.3. The summed E-state index contributed by atoms with van der Waals surface area (Å²) in [6.07, 6.45) is 0.873. The molecule has 2 rings (SSSR count). The predicted molar refractivity (Wildman–Crippen MR) is 103 cm³/mol. The monoisotopic (exact) mass is 364 g/mol. The third kappa shape index (κ3) is 4.76. The van der Waals surface area contributed by atoms with Gasteiger partial charge in [0, 0.05) is 10.7 Å². The van der Waals surface area contributed by atoms with Gasteiger partial charge in [0.25, 0.3) is 0 Å². The summed E-state index contributed by atoms with van der Waals surface area (Å²) in [4.78, 5) is 0. The van der Waals surface area contributed by atoms with Crippen LogP contribution in [0.4, 0.5) is 5.69 Å². The lowest BCUT2D eigenvalue weighted by molar-refractivity contribution is 0.354. The molecule has 128 valence electrons. The number of methoxy groups -OCH3 is 2. The first kappa shape index (κ1) is 18.4. The van der Waals surface area contributed by atoms with Gasteiger partial charge in [0.1, 0.15) is 0 Å². The Balaban J connectivity index is 2.08. The molecule has 0 aliphatic rings. The number of rotatable bonds is 6. The van der Waals surface area contributed by atoms with Crippen molar-refractivity contribution in [2.45, 2.75) is 19.4 Å². The zero-order valence-corrected chi connectivity index (χ0v) is 15.5. The highest BCUT2D eigenvalue weighted by molar-refractivity contribution is 7.80. The number of ether oxygens (including phenoxy) is 2. The molecule has 0 saturated carbocycles. The largest absolute Gasteiger partial charge is 0.493 e. The van der Waals surface area contributed by atoms with Crippen molar-refractivity contribution in [3.63, 3.8) is 0 Å². The summed E-state index contributed by atoms with van der Waals surface area (Å²) in [6, 6.07) is 13.3. The Morgan fingerprint density at radius 1 is 1.08 bits per heavy atom. The van der Waals surface area contributed by atoms with Crippen LogP contribution in [0, 0.1) is 0 Å². The van der Waals surface area contributed by atoms with Crippen molar-refractivity contribution in [3.05, 3.63) is 53.1 Å². The number of hydrogen-bond donors (Lipinski definition) is 2. The van der Waals surface area contributed by atoms with Crippen molar-refractivity contribution in [2.75, 3.05) is 19.5 Å². The molecule has 4 nitrogen and oxygen atoms in total. The number of benzene rings is 2. The maximum Gasteiger partial charge on any atom is 0.171 e. The molecule has 2 aromatic rings. The Kier molecular flexibility index (Phi) is 6.70. The van der Waals surface area contributed by atoms with Gasteiger partial charge in [-0.15, -0.1) is 0 Å². The Hall–Kier alpha value is -1.98. The van der Waals surface area contributed by atoms with Crippen LogP contribution in [0.1, 0.15) is 24.9 Å². The molecule has 0 aliphatic heterocycles. The quantitative estimate of drug-likeness (QED) is 0.721. The number of thiocarbonyl (C=S) groups is 1. The normalized spacial score (nSPS) is 11.5. The van der Waals surface area contributed by atoms with Crippen LogP contribution >= 0.6 is 23.8 Å². The van der Waals surface area contributed by atoms with Gasteiger partial charge in [-0.1, -0.05) is 24.6 Å². The van der Waals surface area contributed by atoms with Crippen molar-refractivity contribution in [1.82, 2.24) is 5.32 Å². The molecule has 0 radical (unpaired) electrons. The van der Waals surface area contributed by atoms with Crippen molar-refractivity contribution < 1.29 is 9.47 Å². The molecule has 2 N–H and O–H groups in total. The van der Waals surface area contributed by atoms with Gasteiger partial charge in [-0.2, -0.15) is 0 Å². The Morgan fingerprint density at radius 2 is 1.75 bits per heavy atom. The summed E-state index contributed by atoms with van der Waals surface area (Å²) in [5, 5.41) is 7.73. The minimum Gasteiger partial charge on any atom is -0.493 e. The topological polar surface area (TPSA) is 42.5 Å². The second-order valence-electron chi connectivity index (χ2n) is 5.18. The first-order valence-corrected chi connectivity index (χ1v) is 8.41. The van der Waals surface area contributed by atoms with Gasteiger partial charge >= 0.3 is 0 Å². The summed E-state index contributed by atoms with van der Waals surface area (Å²) in [6.45, 7) is 2.10. The minimum atomic E-state index is 0.0668. The van der Waals surface area contributed by atoms with E-state index in [0.717, 1.165) is 17.7 Å². The molecule has 0 aromatic heterocycles. The second-order valence-corrected chi connectivity index (χ2v) is 6.03. The zero-order valence-electron chi connectivity index (χ0n) is 13.9. The average Bonchev–Trinajstić information content (AvgIpc) is 2.61. The summed E-state index contributed by atoms with van der Waals surface area (Å²) < 4.78 is 10.6. The van der Waals surface area contributed by atoms with Gasteiger partial charge in [0.15, 0.2) is 16.6 Å². The van der Waals surface area contributed by atoms with E-state index in [1.807, 2.05) is 42.5 Å². The highest BCUT2D eigenvalue weighted by Crippen LogP contribution is 2.30. The number of nitrogens with one attached hydrogen (secondary N) is 2. The van der Waals surface area contributed by atoms with E-state index in [9.17, 15) is 0 Å². The van der Waals surface area contributed by atoms with E-state index in [4.69, 9.17) is 33.3 Å². The lowest BCUT2D eigenvalue weighted by atomic mass is 10.0. The molecule has 0 spiro atoms. The van der Waals surface area contributed by atoms with Crippen LogP contribution in [0.5, 0.6) is 11.5 Å². The standard InChI is InChI=1S/C18H21ClN2O2S/c1-4-15(12-5-10-16(22-2)17(11-12)23-3)21-18(24)20-14-8-6-13(19)7-9-14/h5-11,15H,4H2,1-3H3,(H2,20,21,24). The molecule has 2 aromatic carbocycles. The fourth-order valence-corrected chi connectivity index (χ4v) is 2.74. The van der Waals surface area contributed by atoms with Crippen LogP contribution in [-0.2, 0) is 0 Å². The third-order valence-corrected chi connectivity index (χ3v) is 4.10. The van der Waals surface area contributed by atoms with E-state index >= 15 is 0 Å². The first-order chi connectivity index (χ1) is 11.6. The van der Waals surface area contributed by atoms with Crippen LogP contribution in [0.2, 0.25) is 5.02 Å². The molecule has 0 amide bonds. The summed E-state index contributed by atoms with van der Waals surface area (Å²) in [5.41, 5.74) is 1.97. The molecule has 0 fully saturated rings. The number of anilines is 1. The Bertz CT molecular complexity index is 692. The average molecular weight is 365 g/mol. The molecule has 1 atom stereocenters. The van der Waals surface area contributed by atoms with Gasteiger partial charge < -0.3 is 20.1 Å². The van der Waals surface area contributed by atoms with Crippen molar-refractivity contribution in [1.29, 1.82) is 0 Å². The zero-order chi connectivity index (χ0) is 17.5. The molecular formula is C18H21ClN2O2S. The maximum atomic E-state index is 5.89. The first-order valence-electron chi connectivity index (χ1n) is 7.62. The molecular weight excluding hydrogens is 344 g/mol. The molecule has 0 heterocycles. The van der Waals surface area contributed by atoms with Crippen LogP contribution < -0.4 is 20.1 Å². The highest BCUT2D eigenvalue weighted by atomic mass is 35.5. The molecule has 1 unspecified atom stereocenters. The van der Waals surface area contributed by atoms with Crippen LogP contribution in [-0.4, -0.2) is 19.3 Å². The fraction of sp³-hybridized carbons (Fsp3) is 0.278. The van der Waals surface area contributed by atoms with Crippen molar-refractivity contribution in [2.24, 2.45) is 0 Å². The SMILES string of the molecule is CCC(NC(=S)Nc1ccc(Cl)cc1)c1ccc(OC)c(OC)c1. The fourth-order valence-electron chi connectivity index (χ4n) is 2.35. The Morgan fingerprint density at radius 3 is 2.33 bits per heavy atom. The highest BCUT2D eigenvalue weighted by Gasteiger charge is 2.14. The Labute approximate surface area is 153 Å².